The van der Waals surface area contributed by atoms with Crippen molar-refractivity contribution in [1.29, 1.82) is 0 Å². The van der Waals surface area contributed by atoms with Crippen LogP contribution in [0.25, 0.3) is 5.65 Å². The molecule has 4 nitrogen and oxygen atoms in total. The van der Waals surface area contributed by atoms with Crippen LogP contribution in [0.5, 0.6) is 0 Å². The maximum Gasteiger partial charge on any atom is 0.180 e. The van der Waals surface area contributed by atoms with E-state index in [1.807, 2.05) is 23.0 Å². The molecule has 3 aromatic rings. The lowest BCUT2D eigenvalue weighted by atomic mass is 10.0. The Hall–Kier alpha value is -1.88. The number of fused-ring (bicyclic) bond motifs is 2. The molecule has 0 unspecified atom stereocenters. The fraction of sp³-hybridized carbons (Fsp3) is 0.200. The summed E-state index contributed by atoms with van der Waals surface area (Å²) in [6, 6.07) is 8.54. The molecule has 0 amide bonds. The van der Waals surface area contributed by atoms with Gasteiger partial charge in [0.1, 0.15) is 4.60 Å². The SMILES string of the molecule is Brc1cn2ccnc2c(N2CCCc3ccccc32)n1. The molecule has 0 atom stereocenters. The van der Waals surface area contributed by atoms with Gasteiger partial charge in [0.2, 0.25) is 0 Å². The molecule has 2 aromatic heterocycles. The molecule has 0 saturated carbocycles. The molecule has 1 aliphatic heterocycles. The van der Waals surface area contributed by atoms with E-state index in [-0.39, 0.29) is 0 Å². The lowest BCUT2D eigenvalue weighted by Crippen LogP contribution is -2.26. The van der Waals surface area contributed by atoms with Crippen molar-refractivity contribution in [3.63, 3.8) is 0 Å². The summed E-state index contributed by atoms with van der Waals surface area (Å²) >= 11 is 3.49. The van der Waals surface area contributed by atoms with E-state index in [0.717, 1.165) is 35.5 Å². The van der Waals surface area contributed by atoms with Crippen molar-refractivity contribution in [2.24, 2.45) is 0 Å². The van der Waals surface area contributed by atoms with Crippen LogP contribution in [0.2, 0.25) is 0 Å². The zero-order valence-electron chi connectivity index (χ0n) is 10.8. The Bertz CT molecular complexity index is 780. The first-order valence-corrected chi connectivity index (χ1v) is 7.47. The molecule has 0 N–H and O–H groups in total. The molecule has 0 aliphatic carbocycles. The summed E-state index contributed by atoms with van der Waals surface area (Å²) in [7, 11) is 0. The Morgan fingerprint density at radius 2 is 2.10 bits per heavy atom. The number of para-hydroxylation sites is 1. The van der Waals surface area contributed by atoms with Crippen LogP contribution in [-0.2, 0) is 6.42 Å². The topological polar surface area (TPSA) is 33.4 Å². The van der Waals surface area contributed by atoms with E-state index in [4.69, 9.17) is 0 Å². The number of aryl methyl sites for hydroxylation is 1. The highest BCUT2D eigenvalue weighted by Crippen LogP contribution is 2.34. The average Bonchev–Trinajstić information content (AvgIpc) is 2.94. The predicted octanol–water partition coefficient (Wildman–Crippen LogP) is 3.58. The van der Waals surface area contributed by atoms with Crippen LogP contribution in [0.4, 0.5) is 11.5 Å². The van der Waals surface area contributed by atoms with Crippen molar-refractivity contribution in [3.05, 3.63) is 53.0 Å². The van der Waals surface area contributed by atoms with Gasteiger partial charge in [0, 0.05) is 30.8 Å². The zero-order chi connectivity index (χ0) is 13.5. The van der Waals surface area contributed by atoms with Crippen LogP contribution >= 0.6 is 15.9 Å². The molecular weight excluding hydrogens is 316 g/mol. The van der Waals surface area contributed by atoms with Crippen molar-refractivity contribution in [3.8, 4) is 0 Å². The van der Waals surface area contributed by atoms with Crippen LogP contribution in [-0.4, -0.2) is 20.9 Å². The van der Waals surface area contributed by atoms with Crippen LogP contribution in [0.1, 0.15) is 12.0 Å². The second-order valence-corrected chi connectivity index (χ2v) is 5.74. The Balaban J connectivity index is 1.94. The van der Waals surface area contributed by atoms with Gasteiger partial charge in [-0.15, -0.1) is 0 Å². The van der Waals surface area contributed by atoms with E-state index in [2.05, 4.69) is 55.1 Å². The zero-order valence-corrected chi connectivity index (χ0v) is 12.4. The summed E-state index contributed by atoms with van der Waals surface area (Å²) in [6.07, 6.45) is 7.95. The lowest BCUT2D eigenvalue weighted by Gasteiger charge is -2.30. The highest BCUT2D eigenvalue weighted by atomic mass is 79.9. The molecule has 3 heterocycles. The van der Waals surface area contributed by atoms with Crippen molar-refractivity contribution >= 4 is 33.1 Å². The Kier molecular flexibility index (Phi) is 2.73. The monoisotopic (exact) mass is 328 g/mol. The minimum absolute atomic E-state index is 0.820. The average molecular weight is 329 g/mol. The van der Waals surface area contributed by atoms with E-state index in [1.54, 1.807) is 0 Å². The number of rotatable bonds is 1. The fourth-order valence-corrected chi connectivity index (χ4v) is 3.21. The fourth-order valence-electron chi connectivity index (χ4n) is 2.82. The van der Waals surface area contributed by atoms with Crippen molar-refractivity contribution in [2.75, 3.05) is 11.4 Å². The van der Waals surface area contributed by atoms with E-state index < -0.39 is 0 Å². The molecule has 20 heavy (non-hydrogen) atoms. The number of nitrogens with zero attached hydrogens (tertiary/aromatic N) is 4. The molecule has 5 heteroatoms. The third-order valence-corrected chi connectivity index (χ3v) is 4.07. The highest BCUT2D eigenvalue weighted by Gasteiger charge is 2.21. The smallest absolute Gasteiger partial charge is 0.180 e. The quantitative estimate of drug-likeness (QED) is 0.684. The molecule has 0 saturated heterocycles. The van der Waals surface area contributed by atoms with Gasteiger partial charge in [-0.2, -0.15) is 0 Å². The van der Waals surface area contributed by atoms with Gasteiger partial charge < -0.3 is 9.30 Å². The molecular formula is C15H13BrN4. The van der Waals surface area contributed by atoms with Gasteiger partial charge in [-0.25, -0.2) is 9.97 Å². The van der Waals surface area contributed by atoms with Crippen molar-refractivity contribution < 1.29 is 0 Å². The summed E-state index contributed by atoms with van der Waals surface area (Å²) in [4.78, 5) is 11.4. The van der Waals surface area contributed by atoms with Crippen LogP contribution in [0.15, 0.2) is 47.5 Å². The van der Waals surface area contributed by atoms with Crippen molar-refractivity contribution in [2.45, 2.75) is 12.8 Å². The minimum atomic E-state index is 0.820. The molecule has 1 aromatic carbocycles. The van der Waals surface area contributed by atoms with Gasteiger partial charge in [0.15, 0.2) is 11.5 Å². The number of imidazole rings is 1. The molecule has 0 radical (unpaired) electrons. The van der Waals surface area contributed by atoms with E-state index in [1.165, 1.54) is 11.3 Å². The number of hydrogen-bond donors (Lipinski definition) is 0. The second kappa shape index (κ2) is 4.59. The molecule has 100 valence electrons. The summed E-state index contributed by atoms with van der Waals surface area (Å²) in [5, 5.41) is 0. The first-order chi connectivity index (χ1) is 9.83. The van der Waals surface area contributed by atoms with Gasteiger partial charge in [0.25, 0.3) is 0 Å². The first kappa shape index (κ1) is 11.9. The maximum absolute atomic E-state index is 4.66. The highest BCUT2D eigenvalue weighted by molar-refractivity contribution is 9.10. The van der Waals surface area contributed by atoms with Gasteiger partial charge in [-0.3, -0.25) is 0 Å². The summed E-state index contributed by atoms with van der Waals surface area (Å²) in [6.45, 7) is 0.975. The van der Waals surface area contributed by atoms with E-state index in [9.17, 15) is 0 Å². The molecule has 0 spiro atoms. The van der Waals surface area contributed by atoms with Gasteiger partial charge in [0.05, 0.1) is 0 Å². The normalized spacial score (nSPS) is 14.6. The van der Waals surface area contributed by atoms with Gasteiger partial charge in [-0.1, -0.05) is 18.2 Å². The molecule has 0 bridgehead atoms. The van der Waals surface area contributed by atoms with Gasteiger partial charge in [-0.05, 0) is 40.4 Å². The molecule has 0 fully saturated rings. The molecule has 1 aliphatic rings. The number of halogens is 1. The standard InChI is InChI=1S/C15H13BrN4/c16-13-10-19-9-7-17-14(19)15(18-13)20-8-3-5-11-4-1-2-6-12(11)20/h1-2,4,6-7,9-10H,3,5,8H2. The third kappa shape index (κ3) is 1.81. The minimum Gasteiger partial charge on any atom is -0.323 e. The maximum atomic E-state index is 4.66. The Morgan fingerprint density at radius 3 is 3.05 bits per heavy atom. The van der Waals surface area contributed by atoms with Crippen LogP contribution in [0.3, 0.4) is 0 Å². The van der Waals surface area contributed by atoms with E-state index in [0.29, 0.717) is 0 Å². The number of aromatic nitrogens is 3. The van der Waals surface area contributed by atoms with Gasteiger partial charge >= 0.3 is 0 Å². The van der Waals surface area contributed by atoms with E-state index >= 15 is 0 Å². The third-order valence-electron chi connectivity index (χ3n) is 3.69. The predicted molar refractivity (Wildman–Crippen MR) is 82.5 cm³/mol. The largest absolute Gasteiger partial charge is 0.323 e. The summed E-state index contributed by atoms with van der Waals surface area (Å²) < 4.78 is 2.82. The van der Waals surface area contributed by atoms with Crippen LogP contribution < -0.4 is 4.90 Å². The van der Waals surface area contributed by atoms with Crippen LogP contribution in [0, 0.1) is 0 Å². The Morgan fingerprint density at radius 1 is 1.20 bits per heavy atom. The number of anilines is 2. The number of benzene rings is 1. The summed E-state index contributed by atoms with van der Waals surface area (Å²) in [5.74, 6) is 0.913. The molecule has 4 rings (SSSR count). The lowest BCUT2D eigenvalue weighted by molar-refractivity contribution is 0.758. The summed E-state index contributed by atoms with van der Waals surface area (Å²) in [5.41, 5.74) is 3.52. The first-order valence-electron chi connectivity index (χ1n) is 6.67. The van der Waals surface area contributed by atoms with Crippen molar-refractivity contribution in [1.82, 2.24) is 14.4 Å². The number of hydrogen-bond acceptors (Lipinski definition) is 3. The second-order valence-electron chi connectivity index (χ2n) is 4.93. The Labute approximate surface area is 125 Å².